The number of hydrogen-bond donors (Lipinski definition) is 1. The third-order valence-corrected chi connectivity index (χ3v) is 4.74. The number of nitrogens with zero attached hydrogens (tertiary/aromatic N) is 1. The van der Waals surface area contributed by atoms with E-state index in [0.29, 0.717) is 6.04 Å². The summed E-state index contributed by atoms with van der Waals surface area (Å²) in [5, 5.41) is 6.13. The maximum Gasteiger partial charge on any atom is 0.0346 e. The second kappa shape index (κ2) is 6.37. The van der Waals surface area contributed by atoms with Crippen LogP contribution in [0.2, 0.25) is 0 Å². The van der Waals surface area contributed by atoms with Gasteiger partial charge in [-0.2, -0.15) is 0 Å². The molecule has 0 saturated heterocycles. The number of benzene rings is 1. The van der Waals surface area contributed by atoms with Crippen molar-refractivity contribution in [1.82, 2.24) is 10.3 Å². The fourth-order valence-corrected chi connectivity index (χ4v) is 3.62. The van der Waals surface area contributed by atoms with Gasteiger partial charge in [0.25, 0.3) is 0 Å². The van der Waals surface area contributed by atoms with Gasteiger partial charge in [-0.25, -0.2) is 0 Å². The summed E-state index contributed by atoms with van der Waals surface area (Å²) in [6.45, 7) is 5.31. The molecular weight excluding hydrogens is 276 g/mol. The summed E-state index contributed by atoms with van der Waals surface area (Å²) in [7, 11) is 0. The van der Waals surface area contributed by atoms with E-state index in [2.05, 4.69) is 60.5 Å². The third kappa shape index (κ3) is 3.49. The van der Waals surface area contributed by atoms with Crippen LogP contribution in [-0.2, 0) is 13.0 Å². The van der Waals surface area contributed by atoms with Crippen molar-refractivity contribution in [3.63, 3.8) is 0 Å². The summed E-state index contributed by atoms with van der Waals surface area (Å²) >= 11 is 1.89. The zero-order chi connectivity index (χ0) is 14.7. The van der Waals surface area contributed by atoms with Crippen LogP contribution >= 0.6 is 11.3 Å². The van der Waals surface area contributed by atoms with Gasteiger partial charge in [0.05, 0.1) is 0 Å². The van der Waals surface area contributed by atoms with E-state index in [1.54, 1.807) is 0 Å². The molecule has 0 bridgehead atoms. The highest BCUT2D eigenvalue weighted by Crippen LogP contribution is 2.19. The number of aryl methyl sites for hydroxylation is 1. The maximum atomic E-state index is 4.19. The molecule has 21 heavy (non-hydrogen) atoms. The molecule has 0 amide bonds. The van der Waals surface area contributed by atoms with Gasteiger partial charge in [0.2, 0.25) is 0 Å². The first-order valence-electron chi connectivity index (χ1n) is 7.32. The van der Waals surface area contributed by atoms with Crippen molar-refractivity contribution in [2.45, 2.75) is 32.9 Å². The molecule has 0 aliphatic carbocycles. The molecular formula is C18H20N2S. The van der Waals surface area contributed by atoms with E-state index in [1.807, 2.05) is 23.7 Å². The number of thiophene rings is 1. The van der Waals surface area contributed by atoms with Crippen LogP contribution in [0, 0.1) is 6.92 Å². The number of nitrogens with one attached hydrogen (secondary N) is 1. The minimum Gasteiger partial charge on any atom is -0.310 e. The van der Waals surface area contributed by atoms with Gasteiger partial charge in [0, 0.05) is 40.1 Å². The van der Waals surface area contributed by atoms with Crippen molar-refractivity contribution in [3.05, 3.63) is 64.1 Å². The van der Waals surface area contributed by atoms with Gasteiger partial charge >= 0.3 is 0 Å². The Kier molecular flexibility index (Phi) is 4.32. The molecule has 1 unspecified atom stereocenters. The Morgan fingerprint density at radius 2 is 2.10 bits per heavy atom. The van der Waals surface area contributed by atoms with Crippen LogP contribution in [0.15, 0.2) is 48.8 Å². The van der Waals surface area contributed by atoms with Crippen molar-refractivity contribution in [1.29, 1.82) is 0 Å². The van der Waals surface area contributed by atoms with Crippen molar-refractivity contribution >= 4 is 22.1 Å². The summed E-state index contributed by atoms with van der Waals surface area (Å²) in [5.41, 5.74) is 1.34. The van der Waals surface area contributed by atoms with Crippen LogP contribution in [0.25, 0.3) is 10.8 Å². The lowest BCUT2D eigenvalue weighted by Crippen LogP contribution is -2.27. The predicted molar refractivity (Wildman–Crippen MR) is 90.8 cm³/mol. The molecule has 3 rings (SSSR count). The number of rotatable bonds is 5. The Morgan fingerprint density at radius 3 is 2.90 bits per heavy atom. The minimum absolute atomic E-state index is 0.472. The van der Waals surface area contributed by atoms with E-state index in [1.165, 1.54) is 26.1 Å². The molecule has 0 radical (unpaired) electrons. The molecule has 108 valence electrons. The van der Waals surface area contributed by atoms with Crippen LogP contribution in [0.5, 0.6) is 0 Å². The monoisotopic (exact) mass is 296 g/mol. The first-order valence-corrected chi connectivity index (χ1v) is 8.14. The second-order valence-corrected chi connectivity index (χ2v) is 6.88. The fourth-order valence-electron chi connectivity index (χ4n) is 2.60. The van der Waals surface area contributed by atoms with E-state index in [9.17, 15) is 0 Å². The standard InChI is InChI=1S/C18H20N2S/c1-13(10-17-7-6-14(2)21-17)20-12-16-5-3-4-15-11-19-9-8-18(15)16/h3-9,11,13,20H,10,12H2,1-2H3. The van der Waals surface area contributed by atoms with Gasteiger partial charge in [-0.05, 0) is 49.4 Å². The Hall–Kier alpha value is -1.71. The molecule has 1 atom stereocenters. The molecule has 3 aromatic rings. The first kappa shape index (κ1) is 14.2. The van der Waals surface area contributed by atoms with Crippen LogP contribution in [-0.4, -0.2) is 11.0 Å². The molecule has 0 aliphatic rings. The highest BCUT2D eigenvalue weighted by Gasteiger charge is 2.06. The Morgan fingerprint density at radius 1 is 1.19 bits per heavy atom. The molecule has 0 saturated carbocycles. The average Bonchev–Trinajstić information content (AvgIpc) is 2.90. The molecule has 0 spiro atoms. The van der Waals surface area contributed by atoms with Gasteiger partial charge in [0.15, 0.2) is 0 Å². The lowest BCUT2D eigenvalue weighted by atomic mass is 10.1. The SMILES string of the molecule is Cc1ccc(CC(C)NCc2cccc3cnccc23)s1. The Bertz CT molecular complexity index is 727. The van der Waals surface area contributed by atoms with Crippen LogP contribution in [0.4, 0.5) is 0 Å². The molecule has 0 aliphatic heterocycles. The molecule has 2 heterocycles. The molecule has 1 N–H and O–H groups in total. The van der Waals surface area contributed by atoms with Crippen LogP contribution in [0.1, 0.15) is 22.2 Å². The van der Waals surface area contributed by atoms with Crippen molar-refractivity contribution in [3.8, 4) is 0 Å². The Balaban J connectivity index is 1.66. The van der Waals surface area contributed by atoms with Crippen LogP contribution in [0.3, 0.4) is 0 Å². The van der Waals surface area contributed by atoms with E-state index in [-0.39, 0.29) is 0 Å². The zero-order valence-electron chi connectivity index (χ0n) is 12.5. The quantitative estimate of drug-likeness (QED) is 0.758. The van der Waals surface area contributed by atoms with Gasteiger partial charge in [-0.1, -0.05) is 18.2 Å². The van der Waals surface area contributed by atoms with E-state index < -0.39 is 0 Å². The van der Waals surface area contributed by atoms with Gasteiger partial charge in [-0.3, -0.25) is 4.98 Å². The molecule has 0 fully saturated rings. The highest BCUT2D eigenvalue weighted by molar-refractivity contribution is 7.11. The van der Waals surface area contributed by atoms with E-state index >= 15 is 0 Å². The van der Waals surface area contributed by atoms with Crippen molar-refractivity contribution in [2.75, 3.05) is 0 Å². The van der Waals surface area contributed by atoms with Crippen molar-refractivity contribution in [2.24, 2.45) is 0 Å². The zero-order valence-corrected chi connectivity index (χ0v) is 13.3. The number of fused-ring (bicyclic) bond motifs is 1. The molecule has 2 nitrogen and oxygen atoms in total. The first-order chi connectivity index (χ1) is 10.2. The van der Waals surface area contributed by atoms with Gasteiger partial charge in [-0.15, -0.1) is 11.3 Å². The van der Waals surface area contributed by atoms with Crippen molar-refractivity contribution < 1.29 is 0 Å². The highest BCUT2D eigenvalue weighted by atomic mass is 32.1. The summed E-state index contributed by atoms with van der Waals surface area (Å²) in [4.78, 5) is 7.03. The lowest BCUT2D eigenvalue weighted by molar-refractivity contribution is 0.550. The summed E-state index contributed by atoms with van der Waals surface area (Å²) in [6, 6.07) is 13.4. The molecule has 3 heteroatoms. The fraction of sp³-hybridized carbons (Fsp3) is 0.278. The topological polar surface area (TPSA) is 24.9 Å². The number of aromatic nitrogens is 1. The normalized spacial score (nSPS) is 12.7. The van der Waals surface area contributed by atoms with Gasteiger partial charge in [0.1, 0.15) is 0 Å². The molecule has 2 aromatic heterocycles. The summed E-state index contributed by atoms with van der Waals surface area (Å²) < 4.78 is 0. The average molecular weight is 296 g/mol. The third-order valence-electron chi connectivity index (χ3n) is 3.72. The summed E-state index contributed by atoms with van der Waals surface area (Å²) in [6.07, 6.45) is 4.88. The Labute approximate surface area is 129 Å². The smallest absolute Gasteiger partial charge is 0.0346 e. The minimum atomic E-state index is 0.472. The molecule has 1 aromatic carbocycles. The maximum absolute atomic E-state index is 4.19. The number of hydrogen-bond acceptors (Lipinski definition) is 3. The second-order valence-electron chi connectivity index (χ2n) is 5.51. The lowest BCUT2D eigenvalue weighted by Gasteiger charge is -2.14. The number of pyridine rings is 1. The van der Waals surface area contributed by atoms with E-state index in [0.717, 1.165) is 13.0 Å². The van der Waals surface area contributed by atoms with E-state index in [4.69, 9.17) is 0 Å². The summed E-state index contributed by atoms with van der Waals surface area (Å²) in [5.74, 6) is 0. The van der Waals surface area contributed by atoms with Crippen LogP contribution < -0.4 is 5.32 Å². The largest absolute Gasteiger partial charge is 0.310 e. The predicted octanol–water partition coefficient (Wildman–Crippen LogP) is 4.33. The van der Waals surface area contributed by atoms with Gasteiger partial charge < -0.3 is 5.32 Å².